The molecule has 0 aromatic carbocycles. The number of rotatable bonds is 3. The van der Waals surface area contributed by atoms with Crippen LogP contribution in [0.15, 0.2) is 0 Å². The van der Waals surface area contributed by atoms with Crippen molar-refractivity contribution < 1.29 is 4.74 Å². The van der Waals surface area contributed by atoms with Crippen molar-refractivity contribution in [2.45, 2.75) is 32.8 Å². The largest absolute Gasteiger partial charge is 0.378 e. The van der Waals surface area contributed by atoms with Gasteiger partial charge in [0, 0.05) is 6.61 Å². The average molecular weight is 174 g/mol. The minimum Gasteiger partial charge on any atom is -0.378 e. The summed E-state index contributed by atoms with van der Waals surface area (Å²) in [5.74, 6) is 3.27. The molecular weight excluding hydrogens is 156 g/mol. The van der Waals surface area contributed by atoms with Crippen LogP contribution in [0.1, 0.15) is 26.7 Å². The van der Waals surface area contributed by atoms with Crippen LogP contribution in [0.2, 0.25) is 0 Å². The monoisotopic (exact) mass is 174 g/mol. The van der Waals surface area contributed by atoms with E-state index >= 15 is 0 Å². The van der Waals surface area contributed by atoms with E-state index in [0.717, 1.165) is 6.61 Å². The van der Waals surface area contributed by atoms with Crippen LogP contribution in [-0.2, 0) is 4.74 Å². The molecule has 0 amide bonds. The van der Waals surface area contributed by atoms with Crippen LogP contribution in [0.3, 0.4) is 0 Å². The highest BCUT2D eigenvalue weighted by Gasteiger charge is 2.13. The van der Waals surface area contributed by atoms with Crippen molar-refractivity contribution in [2.75, 3.05) is 18.1 Å². The molecule has 1 saturated heterocycles. The van der Waals surface area contributed by atoms with Gasteiger partial charge >= 0.3 is 0 Å². The van der Waals surface area contributed by atoms with Gasteiger partial charge in [0.25, 0.3) is 0 Å². The molecule has 1 rings (SSSR count). The lowest BCUT2D eigenvalue weighted by Crippen LogP contribution is -2.21. The summed E-state index contributed by atoms with van der Waals surface area (Å²) in [6.45, 7) is 5.35. The van der Waals surface area contributed by atoms with E-state index < -0.39 is 0 Å². The Morgan fingerprint density at radius 1 is 1.36 bits per heavy atom. The van der Waals surface area contributed by atoms with Gasteiger partial charge in [-0.1, -0.05) is 13.8 Å². The van der Waals surface area contributed by atoms with Gasteiger partial charge in [-0.05, 0) is 30.3 Å². The molecule has 0 aromatic rings. The van der Waals surface area contributed by atoms with Gasteiger partial charge in [0.15, 0.2) is 0 Å². The lowest BCUT2D eigenvalue weighted by Gasteiger charge is -2.22. The Bertz CT molecular complexity index is 97.7. The predicted octanol–water partition coefficient (Wildman–Crippen LogP) is 2.55. The van der Waals surface area contributed by atoms with Gasteiger partial charge in [0.05, 0.1) is 6.10 Å². The molecule has 0 saturated carbocycles. The van der Waals surface area contributed by atoms with Crippen LogP contribution in [0.5, 0.6) is 0 Å². The third-order valence-corrected chi connectivity index (χ3v) is 2.88. The van der Waals surface area contributed by atoms with Crippen LogP contribution < -0.4 is 0 Å². The van der Waals surface area contributed by atoms with Crippen LogP contribution in [-0.4, -0.2) is 24.2 Å². The molecule has 0 radical (unpaired) electrons. The van der Waals surface area contributed by atoms with Crippen molar-refractivity contribution in [1.82, 2.24) is 0 Å². The van der Waals surface area contributed by atoms with Crippen molar-refractivity contribution in [3.05, 3.63) is 0 Å². The smallest absolute Gasteiger partial charge is 0.0591 e. The number of hydrogen-bond acceptors (Lipinski definition) is 2. The van der Waals surface area contributed by atoms with Gasteiger partial charge in [0.2, 0.25) is 0 Å². The molecule has 0 unspecified atom stereocenters. The Morgan fingerprint density at radius 2 is 2.00 bits per heavy atom. The lowest BCUT2D eigenvalue weighted by molar-refractivity contribution is 0.0313. The molecule has 1 fully saturated rings. The summed E-state index contributed by atoms with van der Waals surface area (Å²) in [6, 6.07) is 0. The van der Waals surface area contributed by atoms with Crippen molar-refractivity contribution in [3.63, 3.8) is 0 Å². The minimum absolute atomic E-state index is 0.568. The van der Waals surface area contributed by atoms with Crippen LogP contribution >= 0.6 is 11.8 Å². The van der Waals surface area contributed by atoms with Crippen LogP contribution in [0, 0.1) is 5.92 Å². The SMILES string of the molecule is CC(C)COC1CCSCC1. The Labute approximate surface area is 73.9 Å². The maximum absolute atomic E-state index is 5.73. The van der Waals surface area contributed by atoms with Gasteiger partial charge in [-0.25, -0.2) is 0 Å². The molecule has 1 nitrogen and oxygen atoms in total. The molecule has 1 aliphatic rings. The number of ether oxygens (including phenoxy) is 1. The van der Waals surface area contributed by atoms with Gasteiger partial charge in [-0.15, -0.1) is 0 Å². The Hall–Kier alpha value is 0.310. The molecule has 0 atom stereocenters. The van der Waals surface area contributed by atoms with Crippen molar-refractivity contribution >= 4 is 11.8 Å². The summed E-state index contributed by atoms with van der Waals surface area (Å²) in [6.07, 6.45) is 3.09. The topological polar surface area (TPSA) is 9.23 Å². The Balaban J connectivity index is 2.05. The highest BCUT2D eigenvalue weighted by atomic mass is 32.2. The number of thioether (sulfide) groups is 1. The molecule has 1 heterocycles. The molecule has 11 heavy (non-hydrogen) atoms. The van der Waals surface area contributed by atoms with Gasteiger partial charge in [0.1, 0.15) is 0 Å². The second kappa shape index (κ2) is 5.04. The van der Waals surface area contributed by atoms with Crippen molar-refractivity contribution in [1.29, 1.82) is 0 Å². The Kier molecular flexibility index (Phi) is 4.31. The van der Waals surface area contributed by atoms with Gasteiger partial charge in [-0.2, -0.15) is 11.8 Å². The van der Waals surface area contributed by atoms with E-state index in [1.807, 2.05) is 0 Å². The molecular formula is C9H18OS. The second-order valence-corrected chi connectivity index (χ2v) is 4.76. The minimum atomic E-state index is 0.568. The summed E-state index contributed by atoms with van der Waals surface area (Å²) >= 11 is 2.05. The molecule has 1 aliphatic heterocycles. The highest BCUT2D eigenvalue weighted by molar-refractivity contribution is 7.99. The highest BCUT2D eigenvalue weighted by Crippen LogP contribution is 2.19. The zero-order chi connectivity index (χ0) is 8.10. The molecule has 0 N–H and O–H groups in total. The second-order valence-electron chi connectivity index (χ2n) is 3.54. The van der Waals surface area contributed by atoms with Crippen molar-refractivity contribution in [3.8, 4) is 0 Å². The fourth-order valence-corrected chi connectivity index (χ4v) is 2.23. The average Bonchev–Trinajstić information content (AvgIpc) is 2.03. The number of hydrogen-bond donors (Lipinski definition) is 0. The first-order chi connectivity index (χ1) is 5.29. The van der Waals surface area contributed by atoms with Gasteiger partial charge in [-0.3, -0.25) is 0 Å². The summed E-state index contributed by atoms with van der Waals surface area (Å²) in [7, 11) is 0. The quantitative estimate of drug-likeness (QED) is 0.650. The molecule has 0 aliphatic carbocycles. The third-order valence-electron chi connectivity index (χ3n) is 1.83. The van der Waals surface area contributed by atoms with E-state index in [0.29, 0.717) is 12.0 Å². The first-order valence-corrected chi connectivity index (χ1v) is 5.64. The predicted molar refractivity (Wildman–Crippen MR) is 51.1 cm³/mol. The maximum Gasteiger partial charge on any atom is 0.0591 e. The van der Waals surface area contributed by atoms with E-state index in [4.69, 9.17) is 4.74 Å². The standard InChI is InChI=1S/C9H18OS/c1-8(2)7-10-9-3-5-11-6-4-9/h8-9H,3-7H2,1-2H3. The maximum atomic E-state index is 5.73. The molecule has 66 valence electrons. The van der Waals surface area contributed by atoms with E-state index in [-0.39, 0.29) is 0 Å². The first-order valence-electron chi connectivity index (χ1n) is 4.48. The van der Waals surface area contributed by atoms with Crippen LogP contribution in [0.4, 0.5) is 0 Å². The first kappa shape index (κ1) is 9.40. The molecule has 0 aromatic heterocycles. The normalized spacial score (nSPS) is 21.0. The van der Waals surface area contributed by atoms with Crippen molar-refractivity contribution in [2.24, 2.45) is 5.92 Å². The summed E-state index contributed by atoms with van der Waals surface area (Å²) < 4.78 is 5.73. The van der Waals surface area contributed by atoms with E-state index in [1.54, 1.807) is 0 Å². The molecule has 2 heteroatoms. The summed E-state index contributed by atoms with van der Waals surface area (Å²) in [5.41, 5.74) is 0. The molecule has 0 bridgehead atoms. The molecule has 0 spiro atoms. The fraction of sp³-hybridized carbons (Fsp3) is 1.00. The third kappa shape index (κ3) is 4.02. The van der Waals surface area contributed by atoms with Crippen LogP contribution in [0.25, 0.3) is 0 Å². The summed E-state index contributed by atoms with van der Waals surface area (Å²) in [5, 5.41) is 0. The van der Waals surface area contributed by atoms with E-state index in [2.05, 4.69) is 25.6 Å². The Morgan fingerprint density at radius 3 is 2.55 bits per heavy atom. The summed E-state index contributed by atoms with van der Waals surface area (Å²) in [4.78, 5) is 0. The fourth-order valence-electron chi connectivity index (χ4n) is 1.17. The zero-order valence-electron chi connectivity index (χ0n) is 7.51. The van der Waals surface area contributed by atoms with E-state index in [9.17, 15) is 0 Å². The van der Waals surface area contributed by atoms with Gasteiger partial charge < -0.3 is 4.74 Å². The van der Waals surface area contributed by atoms with E-state index in [1.165, 1.54) is 24.3 Å². The lowest BCUT2D eigenvalue weighted by atomic mass is 10.2. The zero-order valence-corrected chi connectivity index (χ0v) is 8.32.